The lowest BCUT2D eigenvalue weighted by atomic mass is 10.0. The summed E-state index contributed by atoms with van der Waals surface area (Å²) in [5.74, 6) is -0.835. The van der Waals surface area contributed by atoms with E-state index in [1.807, 2.05) is 17.8 Å². The fourth-order valence-corrected chi connectivity index (χ4v) is 4.70. The van der Waals surface area contributed by atoms with Crippen LogP contribution in [-0.2, 0) is 12.2 Å². The van der Waals surface area contributed by atoms with Gasteiger partial charge in [0.1, 0.15) is 17.5 Å². The minimum absolute atomic E-state index is 0.266. The first kappa shape index (κ1) is 14.0. The molecule has 2 heterocycles. The molecule has 0 saturated heterocycles. The van der Waals surface area contributed by atoms with Crippen LogP contribution in [-0.4, -0.2) is 5.75 Å². The van der Waals surface area contributed by atoms with Crippen LogP contribution in [0.15, 0.2) is 18.2 Å². The molecule has 0 bridgehead atoms. The Hall–Kier alpha value is -0.980. The van der Waals surface area contributed by atoms with E-state index in [4.69, 9.17) is 5.73 Å². The van der Waals surface area contributed by atoms with Crippen molar-refractivity contribution < 1.29 is 13.2 Å². The van der Waals surface area contributed by atoms with Crippen LogP contribution in [0.4, 0.5) is 13.2 Å². The minimum atomic E-state index is -0.934. The van der Waals surface area contributed by atoms with Crippen LogP contribution in [0.5, 0.6) is 0 Å². The first-order chi connectivity index (χ1) is 9.56. The number of benzene rings is 1. The zero-order valence-corrected chi connectivity index (χ0v) is 12.1. The molecule has 2 aromatic rings. The number of aryl methyl sites for hydroxylation is 1. The highest BCUT2D eigenvalue weighted by Gasteiger charge is 2.23. The van der Waals surface area contributed by atoms with E-state index in [1.54, 1.807) is 0 Å². The van der Waals surface area contributed by atoms with Crippen molar-refractivity contribution in [2.45, 2.75) is 18.2 Å². The predicted molar refractivity (Wildman–Crippen MR) is 76.5 cm³/mol. The predicted octanol–water partition coefficient (Wildman–Crippen LogP) is 4.00. The van der Waals surface area contributed by atoms with Crippen LogP contribution in [0.25, 0.3) is 0 Å². The molecular formula is C14H12F3NS2. The van der Waals surface area contributed by atoms with E-state index in [9.17, 15) is 13.2 Å². The van der Waals surface area contributed by atoms with Crippen LogP contribution in [0.3, 0.4) is 0 Å². The van der Waals surface area contributed by atoms with Gasteiger partial charge in [-0.25, -0.2) is 13.2 Å². The fourth-order valence-electron chi connectivity index (χ4n) is 2.32. The van der Waals surface area contributed by atoms with E-state index >= 15 is 0 Å². The number of rotatable bonds is 2. The monoisotopic (exact) mass is 315 g/mol. The van der Waals surface area contributed by atoms with Crippen LogP contribution in [0.1, 0.15) is 26.9 Å². The molecule has 1 aliphatic heterocycles. The molecule has 2 N–H and O–H groups in total. The normalized spacial score (nSPS) is 16.0. The van der Waals surface area contributed by atoms with E-state index in [2.05, 4.69) is 0 Å². The van der Waals surface area contributed by atoms with Gasteiger partial charge in [-0.15, -0.1) is 11.3 Å². The molecule has 0 amide bonds. The number of hydrogen-bond acceptors (Lipinski definition) is 3. The summed E-state index contributed by atoms with van der Waals surface area (Å²) in [6.45, 7) is 0. The molecule has 20 heavy (non-hydrogen) atoms. The first-order valence-corrected chi connectivity index (χ1v) is 8.12. The largest absolute Gasteiger partial charge is 0.319 e. The Bertz CT molecular complexity index is 607. The summed E-state index contributed by atoms with van der Waals surface area (Å²) >= 11 is 3.33. The van der Waals surface area contributed by atoms with Gasteiger partial charge < -0.3 is 5.73 Å². The summed E-state index contributed by atoms with van der Waals surface area (Å²) in [4.78, 5) is 1.96. The number of fused-ring (bicyclic) bond motifs is 1. The lowest BCUT2D eigenvalue weighted by Gasteiger charge is -2.12. The number of nitrogens with two attached hydrogens (primary N) is 1. The Balaban J connectivity index is 2.00. The van der Waals surface area contributed by atoms with Crippen molar-refractivity contribution >= 4 is 23.1 Å². The maximum atomic E-state index is 13.8. The average molecular weight is 315 g/mol. The van der Waals surface area contributed by atoms with Crippen molar-refractivity contribution in [3.8, 4) is 0 Å². The molecular weight excluding hydrogens is 303 g/mol. The SMILES string of the molecule is NC(c1cc2c(s1)CCSC2)c1c(F)cc(F)cc1F. The van der Waals surface area contributed by atoms with E-state index in [1.165, 1.54) is 21.8 Å². The highest BCUT2D eigenvalue weighted by molar-refractivity contribution is 7.98. The number of thiophene rings is 1. The summed E-state index contributed by atoms with van der Waals surface area (Å²) in [6, 6.07) is 2.36. The third-order valence-corrected chi connectivity index (χ3v) is 5.64. The molecule has 0 saturated carbocycles. The quantitative estimate of drug-likeness (QED) is 0.906. The van der Waals surface area contributed by atoms with Crippen molar-refractivity contribution in [1.29, 1.82) is 0 Å². The van der Waals surface area contributed by atoms with E-state index in [-0.39, 0.29) is 5.56 Å². The molecule has 3 rings (SSSR count). The molecule has 0 aliphatic carbocycles. The Morgan fingerprint density at radius 3 is 2.45 bits per heavy atom. The van der Waals surface area contributed by atoms with Gasteiger partial charge in [-0.1, -0.05) is 0 Å². The summed E-state index contributed by atoms with van der Waals surface area (Å²) in [5, 5.41) is 0. The number of thioether (sulfide) groups is 1. The summed E-state index contributed by atoms with van der Waals surface area (Å²) in [7, 11) is 0. The summed E-state index contributed by atoms with van der Waals surface area (Å²) in [5.41, 5.74) is 6.91. The summed E-state index contributed by atoms with van der Waals surface area (Å²) < 4.78 is 40.5. The standard InChI is InChI=1S/C14H12F3NS2/c15-8-4-9(16)13(10(17)5-8)14(18)12-3-7-6-19-2-1-11(7)20-12/h3-5,14H,1-2,6,18H2. The van der Waals surface area contributed by atoms with Crippen LogP contribution in [0, 0.1) is 17.5 Å². The molecule has 1 unspecified atom stereocenters. The Morgan fingerprint density at radius 1 is 1.10 bits per heavy atom. The maximum Gasteiger partial charge on any atom is 0.134 e. The second kappa shape index (κ2) is 5.42. The van der Waals surface area contributed by atoms with Crippen molar-refractivity contribution in [3.05, 3.63) is 56.5 Å². The molecule has 1 nitrogen and oxygen atoms in total. The van der Waals surface area contributed by atoms with E-state index < -0.39 is 23.5 Å². The minimum Gasteiger partial charge on any atom is -0.319 e. The summed E-state index contributed by atoms with van der Waals surface area (Å²) in [6.07, 6.45) is 0.964. The molecule has 0 spiro atoms. The Kier molecular flexibility index (Phi) is 3.79. The van der Waals surface area contributed by atoms with E-state index in [0.717, 1.165) is 22.8 Å². The molecule has 106 valence electrons. The third kappa shape index (κ3) is 2.47. The van der Waals surface area contributed by atoms with Crippen molar-refractivity contribution in [2.24, 2.45) is 5.73 Å². The highest BCUT2D eigenvalue weighted by atomic mass is 32.2. The smallest absolute Gasteiger partial charge is 0.134 e. The molecule has 6 heteroatoms. The average Bonchev–Trinajstić information content (AvgIpc) is 2.81. The lowest BCUT2D eigenvalue weighted by Crippen LogP contribution is -2.14. The van der Waals surface area contributed by atoms with Crippen molar-refractivity contribution in [3.63, 3.8) is 0 Å². The maximum absolute atomic E-state index is 13.8. The zero-order valence-electron chi connectivity index (χ0n) is 10.5. The lowest BCUT2D eigenvalue weighted by molar-refractivity contribution is 0.516. The molecule has 1 aromatic carbocycles. The Labute approximate surface area is 123 Å². The Morgan fingerprint density at radius 2 is 1.80 bits per heavy atom. The van der Waals surface area contributed by atoms with Gasteiger partial charge in [0, 0.05) is 33.2 Å². The van der Waals surface area contributed by atoms with Gasteiger partial charge in [-0.3, -0.25) is 0 Å². The first-order valence-electron chi connectivity index (χ1n) is 6.15. The second-order valence-corrected chi connectivity index (χ2v) is 6.93. The highest BCUT2D eigenvalue weighted by Crippen LogP contribution is 2.36. The molecule has 0 radical (unpaired) electrons. The molecule has 1 aromatic heterocycles. The number of hydrogen-bond donors (Lipinski definition) is 1. The second-order valence-electron chi connectivity index (χ2n) is 4.66. The van der Waals surface area contributed by atoms with Gasteiger partial charge in [-0.05, 0) is 23.8 Å². The van der Waals surface area contributed by atoms with Gasteiger partial charge in [0.05, 0.1) is 6.04 Å². The third-order valence-electron chi connectivity index (χ3n) is 3.31. The van der Waals surface area contributed by atoms with Gasteiger partial charge in [0.2, 0.25) is 0 Å². The van der Waals surface area contributed by atoms with Crippen LogP contribution < -0.4 is 5.73 Å². The van der Waals surface area contributed by atoms with Crippen molar-refractivity contribution in [2.75, 3.05) is 5.75 Å². The van der Waals surface area contributed by atoms with Crippen LogP contribution >= 0.6 is 23.1 Å². The van der Waals surface area contributed by atoms with Crippen LogP contribution in [0.2, 0.25) is 0 Å². The van der Waals surface area contributed by atoms with Gasteiger partial charge >= 0.3 is 0 Å². The fraction of sp³-hybridized carbons (Fsp3) is 0.286. The van der Waals surface area contributed by atoms with Gasteiger partial charge in [-0.2, -0.15) is 11.8 Å². The topological polar surface area (TPSA) is 26.0 Å². The zero-order chi connectivity index (χ0) is 14.3. The number of halogens is 3. The van der Waals surface area contributed by atoms with Crippen molar-refractivity contribution in [1.82, 2.24) is 0 Å². The van der Waals surface area contributed by atoms with Gasteiger partial charge in [0.15, 0.2) is 0 Å². The molecule has 0 fully saturated rings. The molecule has 1 atom stereocenters. The molecule has 1 aliphatic rings. The van der Waals surface area contributed by atoms with E-state index in [0.29, 0.717) is 12.1 Å². The van der Waals surface area contributed by atoms with Gasteiger partial charge in [0.25, 0.3) is 0 Å².